The van der Waals surface area contributed by atoms with Crippen LogP contribution in [0.1, 0.15) is 15.9 Å². The molecule has 0 atom stereocenters. The minimum absolute atomic E-state index is 0.262. The molecule has 0 saturated carbocycles. The van der Waals surface area contributed by atoms with E-state index in [4.69, 9.17) is 0 Å². The van der Waals surface area contributed by atoms with Gasteiger partial charge in [0.15, 0.2) is 6.29 Å². The van der Waals surface area contributed by atoms with Crippen molar-refractivity contribution in [3.8, 4) is 11.3 Å². The summed E-state index contributed by atoms with van der Waals surface area (Å²) in [6.07, 6.45) is 2.29. The summed E-state index contributed by atoms with van der Waals surface area (Å²) >= 11 is 0. The van der Waals surface area contributed by atoms with Gasteiger partial charge in [0.1, 0.15) is 5.82 Å². The van der Waals surface area contributed by atoms with Crippen molar-refractivity contribution in [3.63, 3.8) is 0 Å². The number of pyridine rings is 1. The first-order chi connectivity index (χ1) is 7.72. The number of aldehydes is 1. The van der Waals surface area contributed by atoms with Gasteiger partial charge < -0.3 is 0 Å². The zero-order valence-corrected chi connectivity index (χ0v) is 8.77. The van der Waals surface area contributed by atoms with Gasteiger partial charge in [-0.25, -0.2) is 4.39 Å². The second-order valence-electron chi connectivity index (χ2n) is 3.54. The Balaban J connectivity index is 2.63. The first-order valence-corrected chi connectivity index (χ1v) is 4.89. The summed E-state index contributed by atoms with van der Waals surface area (Å²) in [6, 6.07) is 7.96. The molecule has 1 aromatic carbocycles. The van der Waals surface area contributed by atoms with Crippen LogP contribution in [0.2, 0.25) is 0 Å². The number of aryl methyl sites for hydroxylation is 1. The molecule has 0 saturated heterocycles. The molecule has 0 aliphatic rings. The van der Waals surface area contributed by atoms with Gasteiger partial charge in [0.2, 0.25) is 0 Å². The van der Waals surface area contributed by atoms with E-state index in [1.807, 2.05) is 13.0 Å². The lowest BCUT2D eigenvalue weighted by Gasteiger charge is -2.05. The molecule has 0 fully saturated rings. The Hall–Kier alpha value is -2.03. The maximum absolute atomic E-state index is 13.6. The van der Waals surface area contributed by atoms with Crippen molar-refractivity contribution in [2.75, 3.05) is 0 Å². The van der Waals surface area contributed by atoms with Crippen LogP contribution >= 0.6 is 0 Å². The first-order valence-electron chi connectivity index (χ1n) is 4.89. The van der Waals surface area contributed by atoms with E-state index in [0.717, 1.165) is 5.56 Å². The van der Waals surface area contributed by atoms with E-state index in [1.165, 1.54) is 12.1 Å². The molecule has 0 unspecified atom stereocenters. The van der Waals surface area contributed by atoms with Gasteiger partial charge in [-0.3, -0.25) is 9.78 Å². The molecule has 16 heavy (non-hydrogen) atoms. The summed E-state index contributed by atoms with van der Waals surface area (Å²) < 4.78 is 13.6. The molecule has 0 bridgehead atoms. The molecule has 0 spiro atoms. The van der Waals surface area contributed by atoms with Gasteiger partial charge in [0, 0.05) is 17.3 Å². The predicted molar refractivity (Wildman–Crippen MR) is 59.8 cm³/mol. The Kier molecular flexibility index (Phi) is 2.77. The van der Waals surface area contributed by atoms with Gasteiger partial charge in [-0.05, 0) is 24.6 Å². The standard InChI is InChI=1S/C13H10FNO/c1-9-5-6-12(15-7-9)13-10(8-16)3-2-4-11(13)14/h2-8H,1H3. The summed E-state index contributed by atoms with van der Waals surface area (Å²) in [7, 11) is 0. The number of nitrogens with zero attached hydrogens (tertiary/aromatic N) is 1. The largest absolute Gasteiger partial charge is 0.298 e. The van der Waals surface area contributed by atoms with Crippen molar-refractivity contribution in [3.05, 3.63) is 53.5 Å². The van der Waals surface area contributed by atoms with Crippen LogP contribution in [0.25, 0.3) is 11.3 Å². The van der Waals surface area contributed by atoms with Gasteiger partial charge in [-0.2, -0.15) is 0 Å². The topological polar surface area (TPSA) is 30.0 Å². The lowest BCUT2D eigenvalue weighted by molar-refractivity contribution is 0.112. The van der Waals surface area contributed by atoms with E-state index in [1.54, 1.807) is 18.3 Å². The van der Waals surface area contributed by atoms with Crippen molar-refractivity contribution in [2.24, 2.45) is 0 Å². The second-order valence-corrected chi connectivity index (χ2v) is 3.54. The van der Waals surface area contributed by atoms with E-state index in [2.05, 4.69) is 4.98 Å². The highest BCUT2D eigenvalue weighted by Crippen LogP contribution is 2.24. The lowest BCUT2D eigenvalue weighted by Crippen LogP contribution is -1.94. The average molecular weight is 215 g/mol. The maximum Gasteiger partial charge on any atom is 0.150 e. The fraction of sp³-hybridized carbons (Fsp3) is 0.0769. The van der Waals surface area contributed by atoms with Crippen LogP contribution < -0.4 is 0 Å². The Morgan fingerprint density at radius 1 is 1.25 bits per heavy atom. The van der Waals surface area contributed by atoms with Crippen molar-refractivity contribution in [1.29, 1.82) is 0 Å². The molecule has 0 aliphatic carbocycles. The van der Waals surface area contributed by atoms with Crippen LogP contribution in [-0.4, -0.2) is 11.3 Å². The third-order valence-corrected chi connectivity index (χ3v) is 2.34. The number of benzene rings is 1. The van der Waals surface area contributed by atoms with Gasteiger partial charge in [0.05, 0.1) is 5.69 Å². The minimum Gasteiger partial charge on any atom is -0.298 e. The number of carbonyl (C=O) groups is 1. The number of rotatable bonds is 2. The smallest absolute Gasteiger partial charge is 0.150 e. The third-order valence-electron chi connectivity index (χ3n) is 2.34. The van der Waals surface area contributed by atoms with Gasteiger partial charge >= 0.3 is 0 Å². The quantitative estimate of drug-likeness (QED) is 0.721. The SMILES string of the molecule is Cc1ccc(-c2c(F)cccc2C=O)nc1. The van der Waals surface area contributed by atoms with Crippen LogP contribution in [0.15, 0.2) is 36.5 Å². The fourth-order valence-corrected chi connectivity index (χ4v) is 1.52. The van der Waals surface area contributed by atoms with Crippen LogP contribution in [0, 0.1) is 12.7 Å². The summed E-state index contributed by atoms with van der Waals surface area (Å²) in [6.45, 7) is 1.90. The van der Waals surface area contributed by atoms with Crippen LogP contribution in [0.3, 0.4) is 0 Å². The van der Waals surface area contributed by atoms with Gasteiger partial charge in [-0.15, -0.1) is 0 Å². The summed E-state index contributed by atoms with van der Waals surface area (Å²) in [4.78, 5) is 14.9. The predicted octanol–water partition coefficient (Wildman–Crippen LogP) is 3.01. The summed E-state index contributed by atoms with van der Waals surface area (Å²) in [5.41, 5.74) is 2.05. The molecule has 3 heteroatoms. The molecule has 0 amide bonds. The van der Waals surface area contributed by atoms with E-state index in [-0.39, 0.29) is 5.56 Å². The number of carbonyl (C=O) groups excluding carboxylic acids is 1. The van der Waals surface area contributed by atoms with Crippen molar-refractivity contribution in [1.82, 2.24) is 4.98 Å². The van der Waals surface area contributed by atoms with Crippen LogP contribution in [0.5, 0.6) is 0 Å². The molecule has 1 aromatic heterocycles. The normalized spacial score (nSPS) is 10.1. The van der Waals surface area contributed by atoms with E-state index in [0.29, 0.717) is 17.5 Å². The molecule has 2 nitrogen and oxygen atoms in total. The summed E-state index contributed by atoms with van der Waals surface area (Å²) in [5, 5.41) is 0. The van der Waals surface area contributed by atoms with Crippen LogP contribution in [0.4, 0.5) is 4.39 Å². The molecule has 0 radical (unpaired) electrons. The number of hydrogen-bond donors (Lipinski definition) is 0. The van der Waals surface area contributed by atoms with E-state index in [9.17, 15) is 9.18 Å². The Morgan fingerprint density at radius 3 is 2.69 bits per heavy atom. The molecule has 1 heterocycles. The van der Waals surface area contributed by atoms with E-state index < -0.39 is 5.82 Å². The zero-order chi connectivity index (χ0) is 11.5. The Bertz CT molecular complexity index is 520. The van der Waals surface area contributed by atoms with Gasteiger partial charge in [0.25, 0.3) is 0 Å². The van der Waals surface area contributed by atoms with Crippen LogP contribution in [-0.2, 0) is 0 Å². The molecule has 0 N–H and O–H groups in total. The molecular weight excluding hydrogens is 205 g/mol. The Labute approximate surface area is 92.8 Å². The molecule has 80 valence electrons. The number of halogens is 1. The van der Waals surface area contributed by atoms with E-state index >= 15 is 0 Å². The third kappa shape index (κ3) is 1.84. The van der Waals surface area contributed by atoms with Gasteiger partial charge in [-0.1, -0.05) is 18.2 Å². The fourth-order valence-electron chi connectivity index (χ4n) is 1.52. The molecular formula is C13H10FNO. The number of aromatic nitrogens is 1. The highest BCUT2D eigenvalue weighted by atomic mass is 19.1. The second kappa shape index (κ2) is 4.23. The minimum atomic E-state index is -0.430. The number of hydrogen-bond acceptors (Lipinski definition) is 2. The molecule has 0 aliphatic heterocycles. The Morgan fingerprint density at radius 2 is 2.06 bits per heavy atom. The van der Waals surface area contributed by atoms with Crippen molar-refractivity contribution >= 4 is 6.29 Å². The maximum atomic E-state index is 13.6. The molecule has 2 aromatic rings. The van der Waals surface area contributed by atoms with Crippen molar-refractivity contribution < 1.29 is 9.18 Å². The highest BCUT2D eigenvalue weighted by molar-refractivity contribution is 5.86. The monoisotopic (exact) mass is 215 g/mol. The first kappa shape index (κ1) is 10.5. The zero-order valence-electron chi connectivity index (χ0n) is 8.77. The molecule has 2 rings (SSSR count). The lowest BCUT2D eigenvalue weighted by atomic mass is 10.0. The highest BCUT2D eigenvalue weighted by Gasteiger charge is 2.10. The average Bonchev–Trinajstić information content (AvgIpc) is 2.30. The summed E-state index contributed by atoms with van der Waals surface area (Å²) in [5.74, 6) is -0.430. The van der Waals surface area contributed by atoms with Crippen molar-refractivity contribution in [2.45, 2.75) is 6.92 Å².